The second kappa shape index (κ2) is 7.78. The van der Waals surface area contributed by atoms with Crippen LogP contribution in [0.25, 0.3) is 10.2 Å². The number of aromatic nitrogens is 3. The molecule has 7 heteroatoms. The molecule has 3 heterocycles. The van der Waals surface area contributed by atoms with E-state index < -0.39 is 0 Å². The van der Waals surface area contributed by atoms with E-state index in [9.17, 15) is 4.79 Å². The summed E-state index contributed by atoms with van der Waals surface area (Å²) in [6.07, 6.45) is 1.53. The van der Waals surface area contributed by atoms with E-state index in [0.29, 0.717) is 23.9 Å². The summed E-state index contributed by atoms with van der Waals surface area (Å²) in [6.45, 7) is 9.29. The number of nitrogens with one attached hydrogen (secondary N) is 2. The van der Waals surface area contributed by atoms with Crippen molar-refractivity contribution in [3.05, 3.63) is 46.4 Å². The number of carbonyl (C=O) groups excluding carboxylic acids is 1. The number of hydrogen-bond donors (Lipinski definition) is 2. The molecule has 0 bridgehead atoms. The van der Waals surface area contributed by atoms with Gasteiger partial charge in [-0.1, -0.05) is 19.9 Å². The first-order chi connectivity index (χ1) is 12.5. The van der Waals surface area contributed by atoms with Crippen molar-refractivity contribution in [2.75, 3.05) is 11.9 Å². The van der Waals surface area contributed by atoms with Crippen LogP contribution in [-0.4, -0.2) is 27.4 Å². The smallest absolute Gasteiger partial charge is 0.261 e. The van der Waals surface area contributed by atoms with Crippen LogP contribution in [0.3, 0.4) is 0 Å². The molecule has 0 saturated carbocycles. The van der Waals surface area contributed by atoms with Gasteiger partial charge in [-0.3, -0.25) is 9.78 Å². The first-order valence-corrected chi connectivity index (χ1v) is 9.46. The molecule has 0 aliphatic rings. The van der Waals surface area contributed by atoms with Crippen molar-refractivity contribution in [3.8, 4) is 0 Å². The molecule has 0 aromatic carbocycles. The molecule has 0 saturated heterocycles. The quantitative estimate of drug-likeness (QED) is 0.692. The number of rotatable bonds is 6. The molecular formula is C19H23N5OS. The van der Waals surface area contributed by atoms with Crippen LogP contribution in [0.15, 0.2) is 24.5 Å². The minimum atomic E-state index is -0.0505. The molecule has 136 valence electrons. The molecular weight excluding hydrogens is 346 g/mol. The van der Waals surface area contributed by atoms with Gasteiger partial charge in [-0.15, -0.1) is 11.3 Å². The predicted molar refractivity (Wildman–Crippen MR) is 106 cm³/mol. The first kappa shape index (κ1) is 18.3. The van der Waals surface area contributed by atoms with E-state index in [1.807, 2.05) is 32.0 Å². The van der Waals surface area contributed by atoms with Gasteiger partial charge in [0.05, 0.1) is 22.5 Å². The highest BCUT2D eigenvalue weighted by atomic mass is 32.1. The van der Waals surface area contributed by atoms with Crippen molar-refractivity contribution < 1.29 is 4.79 Å². The summed E-state index contributed by atoms with van der Waals surface area (Å²) >= 11 is 1.40. The van der Waals surface area contributed by atoms with Gasteiger partial charge >= 0.3 is 0 Å². The maximum atomic E-state index is 12.5. The fraction of sp³-hybridized carbons (Fsp3) is 0.368. The number of nitrogens with zero attached hydrogens (tertiary/aromatic N) is 3. The summed E-state index contributed by atoms with van der Waals surface area (Å²) in [5, 5.41) is 7.22. The van der Waals surface area contributed by atoms with Gasteiger partial charge in [0.2, 0.25) is 0 Å². The van der Waals surface area contributed by atoms with E-state index in [2.05, 4.69) is 39.4 Å². The lowest BCUT2D eigenvalue weighted by molar-refractivity contribution is 0.0952. The summed E-state index contributed by atoms with van der Waals surface area (Å²) in [6, 6.07) is 5.93. The Labute approximate surface area is 157 Å². The zero-order chi connectivity index (χ0) is 18.7. The van der Waals surface area contributed by atoms with Crippen LogP contribution in [0.2, 0.25) is 0 Å². The van der Waals surface area contributed by atoms with Gasteiger partial charge in [-0.05, 0) is 37.5 Å². The normalized spacial score (nSPS) is 11.1. The number of aryl methyl sites for hydroxylation is 2. The van der Waals surface area contributed by atoms with E-state index in [-0.39, 0.29) is 5.91 Å². The molecule has 0 atom stereocenters. The Kier molecular flexibility index (Phi) is 5.46. The summed E-state index contributed by atoms with van der Waals surface area (Å²) < 4.78 is 0. The van der Waals surface area contributed by atoms with Crippen molar-refractivity contribution in [1.82, 2.24) is 20.3 Å². The van der Waals surface area contributed by atoms with Crippen LogP contribution in [0.5, 0.6) is 0 Å². The Morgan fingerprint density at radius 3 is 2.77 bits per heavy atom. The molecule has 2 N–H and O–H groups in total. The Balaban J connectivity index is 1.86. The molecule has 3 aromatic rings. The second-order valence-corrected chi connectivity index (χ2v) is 7.69. The lowest BCUT2D eigenvalue weighted by Crippen LogP contribution is -2.27. The summed E-state index contributed by atoms with van der Waals surface area (Å²) in [5.74, 6) is 1.09. The van der Waals surface area contributed by atoms with Gasteiger partial charge in [0, 0.05) is 12.2 Å². The monoisotopic (exact) mass is 369 g/mol. The molecule has 0 aliphatic carbocycles. The number of anilines is 1. The molecule has 3 rings (SSSR count). The zero-order valence-corrected chi connectivity index (χ0v) is 16.3. The highest BCUT2D eigenvalue weighted by molar-refractivity contribution is 7.20. The van der Waals surface area contributed by atoms with Gasteiger partial charge < -0.3 is 10.6 Å². The molecule has 0 aliphatic heterocycles. The van der Waals surface area contributed by atoms with Gasteiger partial charge in [0.15, 0.2) is 0 Å². The van der Waals surface area contributed by atoms with E-state index in [0.717, 1.165) is 33.0 Å². The lowest BCUT2D eigenvalue weighted by Gasteiger charge is -2.08. The van der Waals surface area contributed by atoms with Gasteiger partial charge in [-0.2, -0.15) is 0 Å². The Morgan fingerprint density at radius 2 is 2.04 bits per heavy atom. The van der Waals surface area contributed by atoms with Crippen molar-refractivity contribution in [2.45, 2.75) is 34.2 Å². The molecule has 26 heavy (non-hydrogen) atoms. The van der Waals surface area contributed by atoms with E-state index in [4.69, 9.17) is 0 Å². The third-order valence-electron chi connectivity index (χ3n) is 3.99. The van der Waals surface area contributed by atoms with E-state index in [1.54, 1.807) is 0 Å². The molecule has 0 spiro atoms. The second-order valence-electron chi connectivity index (χ2n) is 6.69. The van der Waals surface area contributed by atoms with Crippen LogP contribution in [-0.2, 0) is 6.54 Å². The van der Waals surface area contributed by atoms with Crippen molar-refractivity contribution in [1.29, 1.82) is 0 Å². The molecule has 1 amide bonds. The zero-order valence-electron chi connectivity index (χ0n) is 15.5. The SMILES string of the molecule is Cc1cccc(CNc2ncnc3sc(C(=O)NCC(C)C)c(C)c23)n1. The standard InChI is InChI=1S/C19H23N5OS/c1-11(2)8-21-18(25)16-13(4)15-17(22-10-23-19(15)26-16)20-9-14-7-5-6-12(3)24-14/h5-7,10-11H,8-9H2,1-4H3,(H,21,25)(H,20,22,23). The van der Waals surface area contributed by atoms with Gasteiger partial charge in [0.1, 0.15) is 17.0 Å². The van der Waals surface area contributed by atoms with E-state index in [1.165, 1.54) is 17.7 Å². The molecule has 3 aromatic heterocycles. The predicted octanol–water partition coefficient (Wildman–Crippen LogP) is 3.70. The summed E-state index contributed by atoms with van der Waals surface area (Å²) in [4.78, 5) is 27.2. The van der Waals surface area contributed by atoms with Crippen molar-refractivity contribution in [3.63, 3.8) is 0 Å². The maximum Gasteiger partial charge on any atom is 0.261 e. The average Bonchev–Trinajstić information content (AvgIpc) is 2.95. The summed E-state index contributed by atoms with van der Waals surface area (Å²) in [5.41, 5.74) is 2.83. The van der Waals surface area contributed by atoms with Crippen molar-refractivity contribution in [2.24, 2.45) is 5.92 Å². The number of carbonyl (C=O) groups is 1. The number of fused-ring (bicyclic) bond motifs is 1. The average molecular weight is 369 g/mol. The Hall–Kier alpha value is -2.54. The van der Waals surface area contributed by atoms with Gasteiger partial charge in [0.25, 0.3) is 5.91 Å². The number of hydrogen-bond acceptors (Lipinski definition) is 6. The largest absolute Gasteiger partial charge is 0.364 e. The molecule has 0 unspecified atom stereocenters. The molecule has 6 nitrogen and oxygen atoms in total. The molecule has 0 fully saturated rings. The highest BCUT2D eigenvalue weighted by Crippen LogP contribution is 2.33. The molecule has 0 radical (unpaired) electrons. The fourth-order valence-electron chi connectivity index (χ4n) is 2.67. The van der Waals surface area contributed by atoms with Crippen LogP contribution >= 0.6 is 11.3 Å². The van der Waals surface area contributed by atoms with Crippen LogP contribution < -0.4 is 10.6 Å². The number of pyridine rings is 1. The third-order valence-corrected chi connectivity index (χ3v) is 5.19. The van der Waals surface area contributed by atoms with Crippen LogP contribution in [0.4, 0.5) is 5.82 Å². The minimum absolute atomic E-state index is 0.0505. The minimum Gasteiger partial charge on any atom is -0.364 e. The first-order valence-electron chi connectivity index (χ1n) is 8.64. The summed E-state index contributed by atoms with van der Waals surface area (Å²) in [7, 11) is 0. The Bertz CT molecular complexity index is 935. The maximum absolute atomic E-state index is 12.5. The van der Waals surface area contributed by atoms with Crippen molar-refractivity contribution >= 4 is 33.3 Å². The van der Waals surface area contributed by atoms with Gasteiger partial charge in [-0.25, -0.2) is 9.97 Å². The van der Waals surface area contributed by atoms with E-state index >= 15 is 0 Å². The number of thiophene rings is 1. The number of amides is 1. The fourth-order valence-corrected chi connectivity index (χ4v) is 3.74. The third kappa shape index (κ3) is 3.99. The van der Waals surface area contributed by atoms with Crippen LogP contribution in [0, 0.1) is 19.8 Å². The topological polar surface area (TPSA) is 79.8 Å². The Morgan fingerprint density at radius 1 is 1.23 bits per heavy atom. The lowest BCUT2D eigenvalue weighted by atomic mass is 10.2. The van der Waals surface area contributed by atoms with Crippen LogP contribution in [0.1, 0.15) is 40.5 Å². The highest BCUT2D eigenvalue weighted by Gasteiger charge is 2.19.